The predicted molar refractivity (Wildman–Crippen MR) is 63.4 cm³/mol. The molecule has 0 saturated carbocycles. The molecule has 0 bridgehead atoms. The summed E-state index contributed by atoms with van der Waals surface area (Å²) in [5.74, 6) is 1.41. The molecule has 0 aliphatic carbocycles. The summed E-state index contributed by atoms with van der Waals surface area (Å²) in [5, 5.41) is 10.1. The molecule has 1 aliphatic rings. The van der Waals surface area contributed by atoms with Crippen molar-refractivity contribution in [2.24, 2.45) is 0 Å². The SMILES string of the molecule is COCc1c(C(C)(C)O)ccc2c1OCCO2. The molecule has 17 heavy (non-hydrogen) atoms. The fourth-order valence-corrected chi connectivity index (χ4v) is 2.03. The summed E-state index contributed by atoms with van der Waals surface area (Å²) < 4.78 is 16.3. The van der Waals surface area contributed by atoms with E-state index in [2.05, 4.69) is 0 Å². The first-order chi connectivity index (χ1) is 8.04. The van der Waals surface area contributed by atoms with Gasteiger partial charge in [0.2, 0.25) is 0 Å². The summed E-state index contributed by atoms with van der Waals surface area (Å²) in [5.41, 5.74) is 0.741. The quantitative estimate of drug-likeness (QED) is 0.872. The van der Waals surface area contributed by atoms with Gasteiger partial charge in [0.25, 0.3) is 0 Å². The average Bonchev–Trinajstić information content (AvgIpc) is 2.28. The van der Waals surface area contributed by atoms with Crippen LogP contribution < -0.4 is 9.47 Å². The van der Waals surface area contributed by atoms with Crippen molar-refractivity contribution in [3.05, 3.63) is 23.3 Å². The molecule has 1 aromatic rings. The summed E-state index contributed by atoms with van der Waals surface area (Å²) >= 11 is 0. The third-order valence-corrected chi connectivity index (χ3v) is 2.76. The van der Waals surface area contributed by atoms with E-state index in [9.17, 15) is 5.11 Å². The van der Waals surface area contributed by atoms with Crippen molar-refractivity contribution in [1.29, 1.82) is 0 Å². The van der Waals surface area contributed by atoms with Crippen molar-refractivity contribution in [2.75, 3.05) is 20.3 Å². The van der Waals surface area contributed by atoms with Gasteiger partial charge in [-0.3, -0.25) is 0 Å². The summed E-state index contributed by atoms with van der Waals surface area (Å²) in [4.78, 5) is 0. The van der Waals surface area contributed by atoms with Crippen molar-refractivity contribution in [3.63, 3.8) is 0 Å². The van der Waals surface area contributed by atoms with Crippen LogP contribution in [0.3, 0.4) is 0 Å². The van der Waals surface area contributed by atoms with Gasteiger partial charge in [-0.05, 0) is 25.5 Å². The molecule has 94 valence electrons. The Morgan fingerprint density at radius 2 is 2.00 bits per heavy atom. The van der Waals surface area contributed by atoms with E-state index in [1.165, 1.54) is 0 Å². The van der Waals surface area contributed by atoms with Crippen molar-refractivity contribution in [1.82, 2.24) is 0 Å². The smallest absolute Gasteiger partial charge is 0.167 e. The molecule has 0 saturated heterocycles. The molecule has 0 atom stereocenters. The molecule has 2 rings (SSSR count). The number of aliphatic hydroxyl groups is 1. The van der Waals surface area contributed by atoms with Gasteiger partial charge in [0.1, 0.15) is 13.2 Å². The molecular formula is C13H18O4. The molecule has 4 nitrogen and oxygen atoms in total. The molecule has 0 spiro atoms. The number of methoxy groups -OCH3 is 1. The second kappa shape index (κ2) is 4.55. The molecule has 4 heteroatoms. The van der Waals surface area contributed by atoms with Crippen LogP contribution in [0.1, 0.15) is 25.0 Å². The molecule has 1 aliphatic heterocycles. The van der Waals surface area contributed by atoms with Crippen molar-refractivity contribution >= 4 is 0 Å². The third kappa shape index (κ3) is 2.37. The zero-order valence-corrected chi connectivity index (χ0v) is 10.4. The molecule has 1 heterocycles. The Hall–Kier alpha value is -1.26. The Bertz CT molecular complexity index is 407. The monoisotopic (exact) mass is 238 g/mol. The Labute approximate surface area is 101 Å². The number of benzene rings is 1. The Morgan fingerprint density at radius 3 is 2.65 bits per heavy atom. The number of rotatable bonds is 3. The minimum atomic E-state index is -0.927. The summed E-state index contributed by atoms with van der Waals surface area (Å²) in [6.45, 7) is 4.97. The van der Waals surface area contributed by atoms with Gasteiger partial charge < -0.3 is 19.3 Å². The lowest BCUT2D eigenvalue weighted by molar-refractivity contribution is 0.0727. The highest BCUT2D eigenvalue weighted by atomic mass is 16.6. The molecular weight excluding hydrogens is 220 g/mol. The first-order valence-corrected chi connectivity index (χ1v) is 5.67. The van der Waals surface area contributed by atoms with Crippen molar-refractivity contribution < 1.29 is 19.3 Å². The van der Waals surface area contributed by atoms with Gasteiger partial charge in [0, 0.05) is 12.7 Å². The van der Waals surface area contributed by atoms with Crippen molar-refractivity contribution in [2.45, 2.75) is 26.1 Å². The maximum absolute atomic E-state index is 10.1. The summed E-state index contributed by atoms with van der Waals surface area (Å²) in [6, 6.07) is 3.70. The lowest BCUT2D eigenvalue weighted by atomic mass is 9.92. The molecule has 0 radical (unpaired) electrons. The molecule has 0 amide bonds. The van der Waals surface area contributed by atoms with Gasteiger partial charge >= 0.3 is 0 Å². The van der Waals surface area contributed by atoms with E-state index >= 15 is 0 Å². The van der Waals surface area contributed by atoms with Gasteiger partial charge in [0.15, 0.2) is 11.5 Å². The highest BCUT2D eigenvalue weighted by molar-refractivity contribution is 5.52. The van der Waals surface area contributed by atoms with E-state index in [0.29, 0.717) is 25.6 Å². The maximum atomic E-state index is 10.1. The van der Waals surface area contributed by atoms with Crippen LogP contribution >= 0.6 is 0 Å². The minimum Gasteiger partial charge on any atom is -0.486 e. The van der Waals surface area contributed by atoms with Crippen LogP contribution in [0, 0.1) is 0 Å². The first kappa shape index (κ1) is 12.2. The zero-order chi connectivity index (χ0) is 12.5. The van der Waals surface area contributed by atoms with E-state index in [1.54, 1.807) is 21.0 Å². The summed E-state index contributed by atoms with van der Waals surface area (Å²) in [6.07, 6.45) is 0. The van der Waals surface area contributed by atoms with Gasteiger partial charge in [-0.25, -0.2) is 0 Å². The highest BCUT2D eigenvalue weighted by Gasteiger charge is 2.26. The average molecular weight is 238 g/mol. The van der Waals surface area contributed by atoms with E-state index in [0.717, 1.165) is 16.9 Å². The fraction of sp³-hybridized carbons (Fsp3) is 0.538. The molecule has 0 fully saturated rings. The lowest BCUT2D eigenvalue weighted by Gasteiger charge is -2.27. The van der Waals surface area contributed by atoms with Gasteiger partial charge in [-0.2, -0.15) is 0 Å². The first-order valence-electron chi connectivity index (χ1n) is 5.67. The summed E-state index contributed by atoms with van der Waals surface area (Å²) in [7, 11) is 1.62. The second-order valence-corrected chi connectivity index (χ2v) is 4.61. The number of ether oxygens (including phenoxy) is 3. The van der Waals surface area contributed by atoms with Crippen LogP contribution in [0.15, 0.2) is 12.1 Å². The van der Waals surface area contributed by atoms with Gasteiger partial charge in [0.05, 0.1) is 12.2 Å². The lowest BCUT2D eigenvalue weighted by Crippen LogP contribution is -2.22. The Morgan fingerprint density at radius 1 is 1.29 bits per heavy atom. The molecule has 0 aromatic heterocycles. The van der Waals surface area contributed by atoms with Gasteiger partial charge in [-0.15, -0.1) is 0 Å². The number of hydrogen-bond acceptors (Lipinski definition) is 4. The zero-order valence-electron chi connectivity index (χ0n) is 10.4. The number of hydrogen-bond donors (Lipinski definition) is 1. The molecule has 0 unspecified atom stereocenters. The van der Waals surface area contributed by atoms with E-state index in [4.69, 9.17) is 14.2 Å². The standard InChI is InChI=1S/C13H18O4/c1-13(2,14)10-4-5-11-12(9(10)8-15-3)17-7-6-16-11/h4-5,14H,6-8H2,1-3H3. The van der Waals surface area contributed by atoms with Gasteiger partial charge in [-0.1, -0.05) is 6.07 Å². The highest BCUT2D eigenvalue weighted by Crippen LogP contribution is 2.39. The Balaban J connectivity index is 2.53. The maximum Gasteiger partial charge on any atom is 0.167 e. The van der Waals surface area contributed by atoms with Crippen LogP contribution in [0.4, 0.5) is 0 Å². The van der Waals surface area contributed by atoms with E-state index in [1.807, 2.05) is 12.1 Å². The predicted octanol–water partition coefficient (Wildman–Crippen LogP) is 1.83. The third-order valence-electron chi connectivity index (χ3n) is 2.76. The fourth-order valence-electron chi connectivity index (χ4n) is 2.03. The number of fused-ring (bicyclic) bond motifs is 1. The second-order valence-electron chi connectivity index (χ2n) is 4.61. The topological polar surface area (TPSA) is 47.9 Å². The normalized spacial score (nSPS) is 14.8. The van der Waals surface area contributed by atoms with Crippen LogP contribution in [-0.2, 0) is 16.9 Å². The van der Waals surface area contributed by atoms with Crippen molar-refractivity contribution in [3.8, 4) is 11.5 Å². The minimum absolute atomic E-state index is 0.395. The largest absolute Gasteiger partial charge is 0.486 e. The van der Waals surface area contributed by atoms with Crippen LogP contribution in [0.5, 0.6) is 11.5 Å². The Kier molecular flexibility index (Phi) is 3.26. The van der Waals surface area contributed by atoms with Crippen LogP contribution in [0.25, 0.3) is 0 Å². The molecule has 1 N–H and O–H groups in total. The van der Waals surface area contributed by atoms with Crippen LogP contribution in [0.2, 0.25) is 0 Å². The van der Waals surface area contributed by atoms with E-state index in [-0.39, 0.29) is 0 Å². The molecule has 1 aromatic carbocycles. The van der Waals surface area contributed by atoms with E-state index < -0.39 is 5.60 Å². The van der Waals surface area contributed by atoms with Crippen LogP contribution in [-0.4, -0.2) is 25.4 Å².